The molecule has 0 spiro atoms. The summed E-state index contributed by atoms with van der Waals surface area (Å²) >= 11 is 0. The number of amides is 2. The Hall–Kier alpha value is -2.11. The molecule has 1 unspecified atom stereocenters. The number of pyridine rings is 1. The molecule has 2 saturated heterocycles. The van der Waals surface area contributed by atoms with E-state index in [9.17, 15) is 9.59 Å². The zero-order chi connectivity index (χ0) is 15.5. The molecule has 3 rings (SSSR count). The lowest BCUT2D eigenvalue weighted by molar-refractivity contribution is -0.121. The van der Waals surface area contributed by atoms with E-state index in [-0.39, 0.29) is 17.9 Å². The van der Waals surface area contributed by atoms with Gasteiger partial charge >= 0.3 is 0 Å². The van der Waals surface area contributed by atoms with Gasteiger partial charge in [-0.05, 0) is 31.9 Å². The zero-order valence-electron chi connectivity index (χ0n) is 12.9. The van der Waals surface area contributed by atoms with Crippen LogP contribution in [0.25, 0.3) is 0 Å². The minimum Gasteiger partial charge on any atom is -0.371 e. The van der Waals surface area contributed by atoms with Crippen molar-refractivity contribution < 1.29 is 9.59 Å². The van der Waals surface area contributed by atoms with E-state index in [0.717, 1.165) is 18.8 Å². The van der Waals surface area contributed by atoms with Crippen molar-refractivity contribution in [3.05, 3.63) is 24.0 Å². The number of rotatable bonds is 2. The minimum atomic E-state index is -0.104. The van der Waals surface area contributed by atoms with E-state index in [2.05, 4.69) is 15.2 Å². The van der Waals surface area contributed by atoms with Crippen LogP contribution in [0.5, 0.6) is 0 Å². The third-order valence-electron chi connectivity index (χ3n) is 4.38. The molecule has 6 heteroatoms. The molecular formula is C16H22N4O2. The van der Waals surface area contributed by atoms with Crippen molar-refractivity contribution in [2.75, 3.05) is 31.1 Å². The Kier molecular flexibility index (Phi) is 4.27. The molecule has 0 bridgehead atoms. The molecule has 2 aliphatic rings. The van der Waals surface area contributed by atoms with Crippen molar-refractivity contribution in [1.82, 2.24) is 15.2 Å². The molecule has 1 aromatic rings. The van der Waals surface area contributed by atoms with E-state index in [0.29, 0.717) is 25.2 Å². The molecular weight excluding hydrogens is 280 g/mol. The van der Waals surface area contributed by atoms with Crippen LogP contribution in [-0.2, 0) is 4.79 Å². The molecule has 0 aliphatic carbocycles. The number of aromatic nitrogens is 1. The second-order valence-corrected chi connectivity index (χ2v) is 6.00. The van der Waals surface area contributed by atoms with Gasteiger partial charge in [-0.25, -0.2) is 0 Å². The number of hydrogen-bond donors (Lipinski definition) is 1. The second-order valence-electron chi connectivity index (χ2n) is 6.00. The fourth-order valence-electron chi connectivity index (χ4n) is 3.14. The molecule has 6 nitrogen and oxygen atoms in total. The summed E-state index contributed by atoms with van der Waals surface area (Å²) < 4.78 is 0. The van der Waals surface area contributed by atoms with Gasteiger partial charge in [0.2, 0.25) is 5.91 Å². The normalized spacial score (nSPS) is 22.4. The number of nitrogens with one attached hydrogen (secondary N) is 1. The highest BCUT2D eigenvalue weighted by Gasteiger charge is 2.27. The molecule has 3 heterocycles. The van der Waals surface area contributed by atoms with Crippen LogP contribution in [0.4, 0.5) is 5.69 Å². The molecule has 2 aliphatic heterocycles. The van der Waals surface area contributed by atoms with E-state index in [1.165, 1.54) is 12.8 Å². The van der Waals surface area contributed by atoms with Crippen LogP contribution in [0.1, 0.15) is 36.7 Å². The monoisotopic (exact) mass is 302 g/mol. The Bertz CT molecular complexity index is 569. The summed E-state index contributed by atoms with van der Waals surface area (Å²) in [5.74, 6) is -0.0911. The lowest BCUT2D eigenvalue weighted by Gasteiger charge is -2.26. The van der Waals surface area contributed by atoms with E-state index in [4.69, 9.17) is 0 Å². The summed E-state index contributed by atoms with van der Waals surface area (Å²) in [4.78, 5) is 32.6. The molecule has 118 valence electrons. The van der Waals surface area contributed by atoms with E-state index >= 15 is 0 Å². The van der Waals surface area contributed by atoms with E-state index in [1.807, 2.05) is 19.1 Å². The van der Waals surface area contributed by atoms with Crippen LogP contribution in [0, 0.1) is 0 Å². The largest absolute Gasteiger partial charge is 0.371 e. The van der Waals surface area contributed by atoms with Gasteiger partial charge in [0.25, 0.3) is 5.91 Å². The highest BCUT2D eigenvalue weighted by molar-refractivity contribution is 5.94. The van der Waals surface area contributed by atoms with Crippen molar-refractivity contribution in [3.63, 3.8) is 0 Å². The molecule has 1 N–H and O–H groups in total. The number of carbonyl (C=O) groups is 2. The van der Waals surface area contributed by atoms with Crippen molar-refractivity contribution in [2.24, 2.45) is 0 Å². The van der Waals surface area contributed by atoms with Crippen molar-refractivity contribution in [2.45, 2.75) is 32.2 Å². The fraction of sp³-hybridized carbons (Fsp3) is 0.562. The van der Waals surface area contributed by atoms with Gasteiger partial charge in [0.1, 0.15) is 5.69 Å². The number of carbonyl (C=O) groups excluding carboxylic acids is 2. The first-order valence-corrected chi connectivity index (χ1v) is 7.94. The smallest absolute Gasteiger partial charge is 0.272 e. The van der Waals surface area contributed by atoms with E-state index in [1.54, 1.807) is 11.1 Å². The number of nitrogens with zero attached hydrogens (tertiary/aromatic N) is 3. The van der Waals surface area contributed by atoms with Gasteiger partial charge in [-0.3, -0.25) is 14.6 Å². The van der Waals surface area contributed by atoms with Crippen LogP contribution < -0.4 is 10.2 Å². The quantitative estimate of drug-likeness (QED) is 0.886. The lowest BCUT2D eigenvalue weighted by Crippen LogP contribution is -2.40. The number of anilines is 1. The predicted octanol–water partition coefficient (Wildman–Crippen LogP) is 1.03. The van der Waals surface area contributed by atoms with Crippen LogP contribution in [0.2, 0.25) is 0 Å². The average molecular weight is 302 g/mol. The summed E-state index contributed by atoms with van der Waals surface area (Å²) in [5, 5.41) is 2.81. The Morgan fingerprint density at radius 3 is 2.86 bits per heavy atom. The maximum Gasteiger partial charge on any atom is 0.272 e. The predicted molar refractivity (Wildman–Crippen MR) is 83.8 cm³/mol. The Morgan fingerprint density at radius 2 is 2.09 bits per heavy atom. The van der Waals surface area contributed by atoms with E-state index < -0.39 is 0 Å². The number of hydrogen-bond acceptors (Lipinski definition) is 4. The molecule has 0 saturated carbocycles. The SMILES string of the molecule is CC1CC(=O)NCCN1C(=O)c1cc(N2CCCC2)ccn1. The van der Waals surface area contributed by atoms with Crippen LogP contribution in [-0.4, -0.2) is 53.9 Å². The molecule has 2 fully saturated rings. The highest BCUT2D eigenvalue weighted by atomic mass is 16.2. The van der Waals surface area contributed by atoms with Crippen molar-refractivity contribution >= 4 is 17.5 Å². The van der Waals surface area contributed by atoms with Gasteiger partial charge in [0.15, 0.2) is 0 Å². The molecule has 1 aromatic heterocycles. The second kappa shape index (κ2) is 6.34. The molecule has 1 atom stereocenters. The summed E-state index contributed by atoms with van der Waals surface area (Å²) in [6.07, 6.45) is 4.44. The Balaban J connectivity index is 1.79. The van der Waals surface area contributed by atoms with Gasteiger partial charge in [-0.2, -0.15) is 0 Å². The Labute approximate surface area is 130 Å². The zero-order valence-corrected chi connectivity index (χ0v) is 12.9. The van der Waals surface area contributed by atoms with Gasteiger partial charge < -0.3 is 15.1 Å². The summed E-state index contributed by atoms with van der Waals surface area (Å²) in [6, 6.07) is 3.73. The fourth-order valence-corrected chi connectivity index (χ4v) is 3.14. The standard InChI is InChI=1S/C16H22N4O2/c1-12-10-15(21)18-6-9-20(12)16(22)14-11-13(4-5-17-14)19-7-2-3-8-19/h4-5,11-12H,2-3,6-10H2,1H3,(H,18,21). The lowest BCUT2D eigenvalue weighted by atomic mass is 10.2. The molecule has 0 aromatic carbocycles. The minimum absolute atomic E-state index is 0.00146. The summed E-state index contributed by atoms with van der Waals surface area (Å²) in [6.45, 7) is 5.02. The maximum atomic E-state index is 12.7. The molecule has 2 amide bonds. The highest BCUT2D eigenvalue weighted by Crippen LogP contribution is 2.21. The van der Waals surface area contributed by atoms with Crippen LogP contribution >= 0.6 is 0 Å². The van der Waals surface area contributed by atoms with Crippen LogP contribution in [0.3, 0.4) is 0 Å². The average Bonchev–Trinajstić information content (AvgIpc) is 2.99. The van der Waals surface area contributed by atoms with Gasteiger partial charge in [-0.15, -0.1) is 0 Å². The Morgan fingerprint density at radius 1 is 1.32 bits per heavy atom. The van der Waals surface area contributed by atoms with Crippen molar-refractivity contribution in [3.8, 4) is 0 Å². The topological polar surface area (TPSA) is 65.5 Å². The molecule has 0 radical (unpaired) electrons. The first-order chi connectivity index (χ1) is 10.6. The first kappa shape index (κ1) is 14.8. The third kappa shape index (κ3) is 3.05. The summed E-state index contributed by atoms with van der Waals surface area (Å²) in [7, 11) is 0. The summed E-state index contributed by atoms with van der Waals surface area (Å²) in [5.41, 5.74) is 1.53. The first-order valence-electron chi connectivity index (χ1n) is 7.94. The van der Waals surface area contributed by atoms with Crippen molar-refractivity contribution in [1.29, 1.82) is 0 Å². The van der Waals surface area contributed by atoms with Gasteiger partial charge in [0.05, 0.1) is 0 Å². The van der Waals surface area contributed by atoms with Gasteiger partial charge in [0, 0.05) is 50.5 Å². The van der Waals surface area contributed by atoms with Crippen LogP contribution in [0.15, 0.2) is 18.3 Å². The van der Waals surface area contributed by atoms with Gasteiger partial charge in [-0.1, -0.05) is 0 Å². The molecule has 22 heavy (non-hydrogen) atoms. The maximum absolute atomic E-state index is 12.7. The third-order valence-corrected chi connectivity index (χ3v) is 4.38.